The van der Waals surface area contributed by atoms with Crippen LogP contribution in [0.15, 0.2) is 47.6 Å². The summed E-state index contributed by atoms with van der Waals surface area (Å²) < 4.78 is 30.6. The lowest BCUT2D eigenvalue weighted by atomic mass is 10.1. The Labute approximate surface area is 199 Å². The van der Waals surface area contributed by atoms with Crippen LogP contribution in [0.5, 0.6) is 11.6 Å². The lowest BCUT2D eigenvalue weighted by molar-refractivity contribution is -0.0817. The van der Waals surface area contributed by atoms with Crippen LogP contribution < -0.4 is 10.1 Å². The molecule has 2 unspecified atom stereocenters. The summed E-state index contributed by atoms with van der Waals surface area (Å²) in [6, 6.07) is 9.69. The average Bonchev–Trinajstić information content (AvgIpc) is 3.31. The molecule has 2 aromatic rings. The fourth-order valence-electron chi connectivity index (χ4n) is 3.73. The van der Waals surface area contributed by atoms with Crippen LogP contribution in [0.3, 0.4) is 0 Å². The monoisotopic (exact) mass is 542 g/mol. The number of guanidine groups is 1. The predicted octanol–water partition coefficient (Wildman–Crippen LogP) is 3.59. The first kappa shape index (κ1) is 23.7. The second kappa shape index (κ2) is 11.6. The van der Waals surface area contributed by atoms with E-state index in [4.69, 9.17) is 14.2 Å². The zero-order valence-corrected chi connectivity index (χ0v) is 19.8. The van der Waals surface area contributed by atoms with E-state index >= 15 is 0 Å². The smallest absolute Gasteiger partial charge is 0.219 e. The Morgan fingerprint density at radius 3 is 2.84 bits per heavy atom. The Morgan fingerprint density at radius 1 is 1.26 bits per heavy atom. The van der Waals surface area contributed by atoms with E-state index in [9.17, 15) is 4.39 Å². The average molecular weight is 542 g/mol. The quantitative estimate of drug-likeness (QED) is 0.354. The number of nitrogens with zero attached hydrogens (tertiary/aromatic N) is 3. The first-order valence-electron chi connectivity index (χ1n) is 10.3. The molecule has 0 radical (unpaired) electrons. The molecule has 4 rings (SSSR count). The molecular formula is C22H28FIN4O3. The third-order valence-corrected chi connectivity index (χ3v) is 5.25. The molecule has 2 aliphatic heterocycles. The highest BCUT2D eigenvalue weighted by Gasteiger charge is 2.32. The molecule has 9 heteroatoms. The van der Waals surface area contributed by atoms with Gasteiger partial charge in [-0.3, -0.25) is 4.99 Å². The van der Waals surface area contributed by atoms with Crippen LogP contribution in [0.2, 0.25) is 0 Å². The lowest BCUT2D eigenvalue weighted by Gasteiger charge is -2.37. The van der Waals surface area contributed by atoms with Gasteiger partial charge in [-0.25, -0.2) is 9.37 Å². The molecule has 2 fully saturated rings. The Kier molecular flexibility index (Phi) is 8.85. The Morgan fingerprint density at radius 2 is 2.13 bits per heavy atom. The van der Waals surface area contributed by atoms with Crippen LogP contribution in [-0.4, -0.2) is 61.4 Å². The van der Waals surface area contributed by atoms with Gasteiger partial charge >= 0.3 is 0 Å². The van der Waals surface area contributed by atoms with Crippen molar-refractivity contribution in [3.8, 4) is 11.6 Å². The summed E-state index contributed by atoms with van der Waals surface area (Å²) in [6.07, 6.45) is 4.16. The van der Waals surface area contributed by atoms with E-state index in [2.05, 4.69) is 20.2 Å². The largest absolute Gasteiger partial charge is 0.439 e. The summed E-state index contributed by atoms with van der Waals surface area (Å²) in [5.41, 5.74) is 0.992. The summed E-state index contributed by atoms with van der Waals surface area (Å²) in [4.78, 5) is 10.9. The minimum Gasteiger partial charge on any atom is -0.439 e. The highest BCUT2D eigenvalue weighted by molar-refractivity contribution is 14.0. The fraction of sp³-hybridized carbons (Fsp3) is 0.455. The zero-order chi connectivity index (χ0) is 20.8. The van der Waals surface area contributed by atoms with Gasteiger partial charge in [0.2, 0.25) is 5.88 Å². The standard InChI is InChI=1S/C22H27FN4O3.HI/c1-24-22(27-9-11-29-20(15-27)19-6-3-10-28-19)26-14-16-7-8-21(25-13-16)30-18-5-2-4-17(23)12-18;/h2,4-5,7-8,12-13,19-20H,3,6,9-11,14-15H2,1H3,(H,24,26);1H. The summed E-state index contributed by atoms with van der Waals surface area (Å²) >= 11 is 0. The van der Waals surface area contributed by atoms with Gasteiger partial charge in [0, 0.05) is 51.6 Å². The van der Waals surface area contributed by atoms with Crippen LogP contribution in [0.1, 0.15) is 18.4 Å². The molecule has 2 aliphatic rings. The van der Waals surface area contributed by atoms with E-state index in [1.54, 1.807) is 31.4 Å². The Balaban J connectivity index is 0.00000272. The zero-order valence-electron chi connectivity index (χ0n) is 17.5. The molecule has 0 spiro atoms. The molecule has 168 valence electrons. The first-order chi connectivity index (χ1) is 14.7. The van der Waals surface area contributed by atoms with Gasteiger partial charge in [0.25, 0.3) is 0 Å². The minimum atomic E-state index is -0.343. The van der Waals surface area contributed by atoms with Gasteiger partial charge in [0.15, 0.2) is 5.96 Å². The highest BCUT2D eigenvalue weighted by Crippen LogP contribution is 2.22. The molecule has 1 N–H and O–H groups in total. The third kappa shape index (κ3) is 6.50. The van der Waals surface area contributed by atoms with E-state index in [1.807, 2.05) is 6.07 Å². The fourth-order valence-corrected chi connectivity index (χ4v) is 3.73. The second-order valence-corrected chi connectivity index (χ2v) is 7.37. The van der Waals surface area contributed by atoms with Crippen LogP contribution >= 0.6 is 24.0 Å². The van der Waals surface area contributed by atoms with Crippen molar-refractivity contribution in [1.29, 1.82) is 0 Å². The van der Waals surface area contributed by atoms with Crippen LogP contribution in [0.4, 0.5) is 4.39 Å². The summed E-state index contributed by atoms with van der Waals surface area (Å²) in [5, 5.41) is 3.39. The van der Waals surface area contributed by atoms with E-state index in [0.717, 1.165) is 44.1 Å². The number of hydrogen-bond donors (Lipinski definition) is 1. The normalized spacial score (nSPS) is 21.5. The van der Waals surface area contributed by atoms with Crippen molar-refractivity contribution in [1.82, 2.24) is 15.2 Å². The van der Waals surface area contributed by atoms with Crippen LogP contribution in [0.25, 0.3) is 0 Å². The number of aliphatic imine (C=N–C) groups is 1. The van der Waals surface area contributed by atoms with Crippen LogP contribution in [-0.2, 0) is 16.0 Å². The lowest BCUT2D eigenvalue weighted by Crippen LogP contribution is -2.53. The number of benzene rings is 1. The summed E-state index contributed by atoms with van der Waals surface area (Å²) in [6.45, 7) is 3.63. The van der Waals surface area contributed by atoms with E-state index in [1.165, 1.54) is 12.1 Å². The van der Waals surface area contributed by atoms with Gasteiger partial charge in [-0.2, -0.15) is 0 Å². The molecule has 0 aliphatic carbocycles. The number of pyridine rings is 1. The molecule has 0 bridgehead atoms. The number of rotatable bonds is 5. The number of ether oxygens (including phenoxy) is 3. The SMILES string of the molecule is CN=C(NCc1ccc(Oc2cccc(F)c2)nc1)N1CCOC(C2CCCO2)C1.I. The molecule has 3 heterocycles. The number of aromatic nitrogens is 1. The number of nitrogens with one attached hydrogen (secondary N) is 1. The van der Waals surface area contributed by atoms with Crippen molar-refractivity contribution in [3.05, 3.63) is 54.0 Å². The van der Waals surface area contributed by atoms with Gasteiger partial charge in [-0.05, 0) is 30.5 Å². The molecular weight excluding hydrogens is 514 g/mol. The molecule has 7 nitrogen and oxygen atoms in total. The molecule has 2 atom stereocenters. The molecule has 0 amide bonds. The maximum absolute atomic E-state index is 13.3. The van der Waals surface area contributed by atoms with E-state index in [-0.39, 0.29) is 42.0 Å². The third-order valence-electron chi connectivity index (χ3n) is 5.25. The molecule has 1 aromatic heterocycles. The Bertz CT molecular complexity index is 862. The first-order valence-corrected chi connectivity index (χ1v) is 10.3. The maximum atomic E-state index is 13.3. The van der Waals surface area contributed by atoms with Gasteiger partial charge in [0.1, 0.15) is 17.7 Å². The Hall–Kier alpha value is -1.98. The van der Waals surface area contributed by atoms with Crippen molar-refractivity contribution in [2.45, 2.75) is 31.6 Å². The van der Waals surface area contributed by atoms with Crippen molar-refractivity contribution in [2.24, 2.45) is 4.99 Å². The summed E-state index contributed by atoms with van der Waals surface area (Å²) in [7, 11) is 1.78. The van der Waals surface area contributed by atoms with E-state index in [0.29, 0.717) is 24.8 Å². The van der Waals surface area contributed by atoms with Gasteiger partial charge < -0.3 is 24.4 Å². The predicted molar refractivity (Wildman–Crippen MR) is 127 cm³/mol. The minimum absolute atomic E-state index is 0. The topological polar surface area (TPSA) is 68.2 Å². The molecule has 2 saturated heterocycles. The highest BCUT2D eigenvalue weighted by atomic mass is 127. The summed E-state index contributed by atoms with van der Waals surface area (Å²) in [5.74, 6) is 1.33. The van der Waals surface area contributed by atoms with E-state index < -0.39 is 0 Å². The maximum Gasteiger partial charge on any atom is 0.219 e. The van der Waals surface area contributed by atoms with Crippen molar-refractivity contribution in [3.63, 3.8) is 0 Å². The van der Waals surface area contributed by atoms with Gasteiger partial charge in [0.05, 0.1) is 12.7 Å². The van der Waals surface area contributed by atoms with Gasteiger partial charge in [-0.15, -0.1) is 24.0 Å². The van der Waals surface area contributed by atoms with Crippen LogP contribution in [0, 0.1) is 5.82 Å². The van der Waals surface area contributed by atoms with Gasteiger partial charge in [-0.1, -0.05) is 12.1 Å². The number of hydrogen-bond acceptors (Lipinski definition) is 5. The second-order valence-electron chi connectivity index (χ2n) is 7.37. The molecule has 31 heavy (non-hydrogen) atoms. The van der Waals surface area contributed by atoms with Crippen molar-refractivity contribution >= 4 is 29.9 Å². The molecule has 0 saturated carbocycles. The number of halogens is 2. The number of morpholine rings is 1. The van der Waals surface area contributed by atoms with Crippen molar-refractivity contribution < 1.29 is 18.6 Å². The van der Waals surface area contributed by atoms with Crippen molar-refractivity contribution in [2.75, 3.05) is 33.4 Å². The molecule has 1 aromatic carbocycles.